The van der Waals surface area contributed by atoms with Crippen LogP contribution in [-0.2, 0) is 11.2 Å². The van der Waals surface area contributed by atoms with Gasteiger partial charge in [-0.25, -0.2) is 0 Å². The Balaban J connectivity index is 1.61. The average molecular weight is 306 g/mol. The number of carbonyl (C=O) groups excluding carboxylic acids is 1. The second-order valence-electron chi connectivity index (χ2n) is 5.93. The smallest absolute Gasteiger partial charge is 0.224 e. The number of likely N-dealkylation sites (tertiary alicyclic amines) is 1. The number of carbonyl (C=O) groups is 1. The predicted molar refractivity (Wildman–Crippen MR) is 89.9 cm³/mol. The lowest BCUT2D eigenvalue weighted by Crippen LogP contribution is -2.39. The summed E-state index contributed by atoms with van der Waals surface area (Å²) in [4.78, 5) is 15.3. The highest BCUT2D eigenvalue weighted by Gasteiger charge is 2.17. The minimum atomic E-state index is 0.105. The summed E-state index contributed by atoms with van der Waals surface area (Å²) in [5, 5.41) is 3.02. The van der Waals surface area contributed by atoms with E-state index in [1.807, 2.05) is 24.3 Å². The van der Waals surface area contributed by atoms with Gasteiger partial charge in [-0.2, -0.15) is 0 Å². The molecule has 3 nitrogen and oxygen atoms in total. The lowest BCUT2D eigenvalue weighted by Gasteiger charge is -2.33. The van der Waals surface area contributed by atoms with Gasteiger partial charge in [-0.15, -0.1) is 12.6 Å². The molecule has 1 N–H and O–H groups in total. The molecule has 0 saturated carbocycles. The van der Waals surface area contributed by atoms with Gasteiger partial charge < -0.3 is 10.2 Å². The van der Waals surface area contributed by atoms with Crippen LogP contribution >= 0.6 is 12.6 Å². The number of benzene rings is 1. The first-order chi connectivity index (χ1) is 10.1. The summed E-state index contributed by atoms with van der Waals surface area (Å²) in [5.74, 6) is 0.105. The molecule has 2 rings (SSSR count). The lowest BCUT2D eigenvalue weighted by molar-refractivity contribution is -0.120. The van der Waals surface area contributed by atoms with Crippen molar-refractivity contribution in [1.29, 1.82) is 0 Å². The second-order valence-corrected chi connectivity index (χ2v) is 6.44. The first-order valence-electron chi connectivity index (χ1n) is 7.94. The molecule has 0 aromatic heterocycles. The molecular formula is C17H26N2OS. The quantitative estimate of drug-likeness (QED) is 0.626. The molecule has 4 heteroatoms. The minimum Gasteiger partial charge on any atom is -0.356 e. The molecule has 0 bridgehead atoms. The first-order valence-corrected chi connectivity index (χ1v) is 8.38. The fraction of sp³-hybridized carbons (Fsp3) is 0.588. The van der Waals surface area contributed by atoms with E-state index in [9.17, 15) is 4.79 Å². The number of piperidine rings is 1. The molecule has 0 spiro atoms. The fourth-order valence-corrected chi connectivity index (χ4v) is 3.01. The Kier molecular flexibility index (Phi) is 6.58. The number of rotatable bonds is 6. The van der Waals surface area contributed by atoms with Gasteiger partial charge in [-0.3, -0.25) is 4.79 Å². The normalized spacial score (nSPS) is 19.4. The molecule has 1 amide bonds. The van der Waals surface area contributed by atoms with Crippen molar-refractivity contribution in [3.8, 4) is 0 Å². The van der Waals surface area contributed by atoms with Crippen molar-refractivity contribution < 1.29 is 4.79 Å². The first kappa shape index (κ1) is 16.4. The average Bonchev–Trinajstić information content (AvgIpc) is 2.48. The van der Waals surface area contributed by atoms with Gasteiger partial charge >= 0.3 is 0 Å². The fourth-order valence-electron chi connectivity index (χ4n) is 2.86. The van der Waals surface area contributed by atoms with Crippen LogP contribution in [0.3, 0.4) is 0 Å². The van der Waals surface area contributed by atoms with Crippen LogP contribution in [-0.4, -0.2) is 36.5 Å². The third kappa shape index (κ3) is 5.71. The van der Waals surface area contributed by atoms with Crippen molar-refractivity contribution in [2.75, 3.05) is 19.6 Å². The summed E-state index contributed by atoms with van der Waals surface area (Å²) in [7, 11) is 0. The molecule has 1 aliphatic heterocycles. The van der Waals surface area contributed by atoms with Gasteiger partial charge in [0.05, 0.1) is 6.42 Å². The SMILES string of the molecule is CC1CCCCN1CCCNC(=O)Cc1ccc(S)cc1. The molecule has 116 valence electrons. The molecule has 1 aromatic carbocycles. The molecule has 1 fully saturated rings. The molecule has 1 saturated heterocycles. The number of thiol groups is 1. The van der Waals surface area contributed by atoms with Gasteiger partial charge in [-0.05, 0) is 50.4 Å². The molecule has 1 unspecified atom stereocenters. The van der Waals surface area contributed by atoms with Crippen molar-refractivity contribution in [2.24, 2.45) is 0 Å². The van der Waals surface area contributed by atoms with Gasteiger partial charge in [0.2, 0.25) is 5.91 Å². The highest BCUT2D eigenvalue weighted by molar-refractivity contribution is 7.80. The van der Waals surface area contributed by atoms with Crippen LogP contribution < -0.4 is 5.32 Å². The highest BCUT2D eigenvalue weighted by atomic mass is 32.1. The molecular weight excluding hydrogens is 280 g/mol. The van der Waals surface area contributed by atoms with Crippen LogP contribution in [0.4, 0.5) is 0 Å². The summed E-state index contributed by atoms with van der Waals surface area (Å²) in [6.07, 6.45) is 5.48. The molecule has 0 aliphatic carbocycles. The number of amides is 1. The zero-order valence-electron chi connectivity index (χ0n) is 12.8. The Morgan fingerprint density at radius 1 is 1.33 bits per heavy atom. The Bertz CT molecular complexity index is 447. The largest absolute Gasteiger partial charge is 0.356 e. The molecule has 1 aromatic rings. The van der Waals surface area contributed by atoms with Gasteiger partial charge in [0.15, 0.2) is 0 Å². The lowest BCUT2D eigenvalue weighted by atomic mass is 10.0. The maximum atomic E-state index is 11.9. The van der Waals surface area contributed by atoms with E-state index in [1.165, 1.54) is 25.8 Å². The number of hydrogen-bond donors (Lipinski definition) is 2. The van der Waals surface area contributed by atoms with Crippen LogP contribution in [0.1, 0.15) is 38.2 Å². The summed E-state index contributed by atoms with van der Waals surface area (Å²) < 4.78 is 0. The monoisotopic (exact) mass is 306 g/mol. The van der Waals surface area contributed by atoms with Crippen LogP contribution in [0, 0.1) is 0 Å². The van der Waals surface area contributed by atoms with Crippen molar-refractivity contribution in [3.05, 3.63) is 29.8 Å². The highest BCUT2D eigenvalue weighted by Crippen LogP contribution is 2.16. The summed E-state index contributed by atoms with van der Waals surface area (Å²) in [6, 6.07) is 8.45. The molecule has 1 aliphatic rings. The summed E-state index contributed by atoms with van der Waals surface area (Å²) in [6.45, 7) is 5.39. The summed E-state index contributed by atoms with van der Waals surface area (Å²) in [5.41, 5.74) is 1.04. The van der Waals surface area contributed by atoms with Crippen LogP contribution in [0.5, 0.6) is 0 Å². The van der Waals surface area contributed by atoms with Crippen molar-refractivity contribution in [3.63, 3.8) is 0 Å². The van der Waals surface area contributed by atoms with E-state index in [1.54, 1.807) is 0 Å². The molecule has 21 heavy (non-hydrogen) atoms. The van der Waals surface area contributed by atoms with E-state index in [-0.39, 0.29) is 5.91 Å². The van der Waals surface area contributed by atoms with Crippen molar-refractivity contribution in [2.45, 2.75) is 50.0 Å². The van der Waals surface area contributed by atoms with Crippen LogP contribution in [0.25, 0.3) is 0 Å². The van der Waals surface area contributed by atoms with E-state index in [4.69, 9.17) is 0 Å². The van der Waals surface area contributed by atoms with E-state index >= 15 is 0 Å². The van der Waals surface area contributed by atoms with E-state index in [0.717, 1.165) is 30.0 Å². The van der Waals surface area contributed by atoms with Crippen molar-refractivity contribution >= 4 is 18.5 Å². The van der Waals surface area contributed by atoms with E-state index < -0.39 is 0 Å². The Morgan fingerprint density at radius 3 is 2.81 bits per heavy atom. The Hall–Kier alpha value is -1.00. The second kappa shape index (κ2) is 8.44. The third-order valence-corrected chi connectivity index (χ3v) is 4.48. The predicted octanol–water partition coefficient (Wildman–Crippen LogP) is 2.90. The number of nitrogens with one attached hydrogen (secondary N) is 1. The van der Waals surface area contributed by atoms with Crippen LogP contribution in [0.15, 0.2) is 29.2 Å². The Morgan fingerprint density at radius 2 is 2.10 bits per heavy atom. The zero-order valence-corrected chi connectivity index (χ0v) is 13.7. The van der Waals surface area contributed by atoms with Gasteiger partial charge in [-0.1, -0.05) is 18.6 Å². The molecule has 1 atom stereocenters. The van der Waals surface area contributed by atoms with Crippen molar-refractivity contribution in [1.82, 2.24) is 10.2 Å². The zero-order chi connectivity index (χ0) is 15.1. The van der Waals surface area contributed by atoms with E-state index in [2.05, 4.69) is 29.8 Å². The topological polar surface area (TPSA) is 32.3 Å². The molecule has 0 radical (unpaired) electrons. The number of nitrogens with zero attached hydrogens (tertiary/aromatic N) is 1. The minimum absolute atomic E-state index is 0.105. The maximum absolute atomic E-state index is 11.9. The van der Waals surface area contributed by atoms with Gasteiger partial charge in [0.25, 0.3) is 0 Å². The van der Waals surface area contributed by atoms with Gasteiger partial charge in [0, 0.05) is 24.0 Å². The molecule has 1 heterocycles. The Labute approximate surface area is 133 Å². The third-order valence-electron chi connectivity index (χ3n) is 4.19. The maximum Gasteiger partial charge on any atom is 0.224 e. The van der Waals surface area contributed by atoms with Crippen LogP contribution in [0.2, 0.25) is 0 Å². The van der Waals surface area contributed by atoms with E-state index in [0.29, 0.717) is 12.5 Å². The number of hydrogen-bond acceptors (Lipinski definition) is 3. The standard InChI is InChI=1S/C17H26N2OS/c1-14-5-2-3-11-19(14)12-4-10-18-17(20)13-15-6-8-16(21)9-7-15/h6-9,14,21H,2-5,10-13H2,1H3,(H,18,20). The van der Waals surface area contributed by atoms with Gasteiger partial charge in [0.1, 0.15) is 0 Å². The summed E-state index contributed by atoms with van der Waals surface area (Å²) >= 11 is 4.24.